The second-order valence-electron chi connectivity index (χ2n) is 4.52. The Labute approximate surface area is 99.3 Å². The quantitative estimate of drug-likeness (QED) is 0.582. The first-order valence-corrected chi connectivity index (χ1v) is 5.38. The number of carbonyl (C=O) groups is 1. The first-order chi connectivity index (χ1) is 7.41. The molecule has 4 heteroatoms. The molecule has 16 heavy (non-hydrogen) atoms. The van der Waals surface area contributed by atoms with Crippen LogP contribution in [0, 0.1) is 0 Å². The average Bonchev–Trinajstić information content (AvgIpc) is 2.25. The third kappa shape index (κ3) is 2.44. The van der Waals surface area contributed by atoms with Crippen molar-refractivity contribution in [2.45, 2.75) is 26.2 Å². The molecule has 3 radical (unpaired) electrons. The summed E-state index contributed by atoms with van der Waals surface area (Å²) in [7, 11) is 4.37. The minimum Gasteiger partial charge on any atom is -0.540 e. The maximum Gasteiger partial charge on any atom is 0.341 e. The van der Waals surface area contributed by atoms with Gasteiger partial charge in [-0.15, -0.1) is 0 Å². The minimum atomic E-state index is -0.351. The van der Waals surface area contributed by atoms with Crippen molar-refractivity contribution in [3.8, 4) is 5.75 Å². The number of rotatable bonds is 2. The van der Waals surface area contributed by atoms with Crippen LogP contribution < -0.4 is 4.43 Å². The number of carbonyl (C=O) groups excluding carboxylic acids is 1. The van der Waals surface area contributed by atoms with Gasteiger partial charge in [-0.25, -0.2) is 4.79 Å². The van der Waals surface area contributed by atoms with E-state index < -0.39 is 0 Å². The number of methoxy groups -OCH3 is 1. The Morgan fingerprint density at radius 1 is 1.31 bits per heavy atom. The summed E-state index contributed by atoms with van der Waals surface area (Å²) in [5.41, 5.74) is 1.16. The molecule has 0 N–H and O–H groups in total. The van der Waals surface area contributed by atoms with E-state index >= 15 is 0 Å². The molecule has 0 aliphatic rings. The van der Waals surface area contributed by atoms with Gasteiger partial charge in [0, 0.05) is 5.56 Å². The smallest absolute Gasteiger partial charge is 0.341 e. The molecule has 0 unspecified atom stereocenters. The predicted molar refractivity (Wildman–Crippen MR) is 62.9 cm³/mol. The molecule has 3 nitrogen and oxygen atoms in total. The third-order valence-corrected chi connectivity index (χ3v) is 2.51. The van der Waals surface area contributed by atoms with Crippen LogP contribution >= 0.6 is 0 Å². The average molecular weight is 235 g/mol. The molecular formula is C12H15O3Si. The van der Waals surface area contributed by atoms with Crippen LogP contribution in [0.4, 0.5) is 0 Å². The van der Waals surface area contributed by atoms with E-state index in [1.165, 1.54) is 7.11 Å². The second-order valence-corrected chi connectivity index (χ2v) is 4.73. The van der Waals surface area contributed by atoms with E-state index in [0.29, 0.717) is 11.3 Å². The van der Waals surface area contributed by atoms with Crippen molar-refractivity contribution >= 4 is 16.5 Å². The zero-order valence-corrected chi connectivity index (χ0v) is 11.0. The van der Waals surface area contributed by atoms with Gasteiger partial charge in [0.15, 0.2) is 0 Å². The molecule has 0 bridgehead atoms. The maximum atomic E-state index is 11.7. The standard InChI is InChI=1S/C12H15O3Si/c1-12(2,3)10-8(11(13)14-4)6-5-7-9(10)15-16/h5-7H,1-4H3. The monoisotopic (exact) mass is 235 g/mol. The number of ether oxygens (including phenoxy) is 1. The lowest BCUT2D eigenvalue weighted by Crippen LogP contribution is -2.19. The van der Waals surface area contributed by atoms with Crippen LogP contribution in [-0.4, -0.2) is 23.6 Å². The lowest BCUT2D eigenvalue weighted by molar-refractivity contribution is 0.0597. The minimum absolute atomic E-state index is 0.202. The Bertz CT molecular complexity index is 394. The fourth-order valence-electron chi connectivity index (χ4n) is 1.67. The molecule has 0 spiro atoms. The lowest BCUT2D eigenvalue weighted by Gasteiger charge is -2.24. The number of esters is 1. The van der Waals surface area contributed by atoms with Crippen LogP contribution in [0.25, 0.3) is 0 Å². The first kappa shape index (κ1) is 12.8. The van der Waals surface area contributed by atoms with E-state index in [0.717, 1.165) is 5.56 Å². The van der Waals surface area contributed by atoms with Crippen LogP contribution in [0.2, 0.25) is 0 Å². The van der Waals surface area contributed by atoms with Crippen molar-refractivity contribution in [1.29, 1.82) is 0 Å². The molecule has 85 valence electrons. The fourth-order valence-corrected chi connectivity index (χ4v) is 1.84. The van der Waals surface area contributed by atoms with Crippen LogP contribution in [-0.2, 0) is 10.2 Å². The fraction of sp³-hybridized carbons (Fsp3) is 0.417. The molecule has 0 amide bonds. The molecule has 0 aliphatic carbocycles. The van der Waals surface area contributed by atoms with Gasteiger partial charge in [0.2, 0.25) is 0 Å². The number of hydrogen-bond donors (Lipinski definition) is 0. The highest BCUT2D eigenvalue weighted by Gasteiger charge is 2.25. The van der Waals surface area contributed by atoms with Crippen LogP contribution in [0.15, 0.2) is 18.2 Å². The first-order valence-electron chi connectivity index (χ1n) is 4.97. The van der Waals surface area contributed by atoms with E-state index in [2.05, 4.69) is 10.5 Å². The zero-order valence-electron chi connectivity index (χ0n) is 9.96. The molecule has 0 saturated carbocycles. The Morgan fingerprint density at radius 3 is 2.38 bits per heavy atom. The van der Waals surface area contributed by atoms with Gasteiger partial charge in [-0.3, -0.25) is 0 Å². The molecule has 0 aliphatic heterocycles. The molecule has 1 rings (SSSR count). The van der Waals surface area contributed by atoms with E-state index in [9.17, 15) is 4.79 Å². The van der Waals surface area contributed by atoms with Gasteiger partial charge in [-0.1, -0.05) is 26.8 Å². The van der Waals surface area contributed by atoms with E-state index in [4.69, 9.17) is 9.16 Å². The molecule has 0 fully saturated rings. The number of hydrogen-bond acceptors (Lipinski definition) is 3. The van der Waals surface area contributed by atoms with Gasteiger partial charge in [0.1, 0.15) is 5.75 Å². The van der Waals surface area contributed by atoms with Gasteiger partial charge in [0.05, 0.1) is 12.7 Å². The van der Waals surface area contributed by atoms with Crippen molar-refractivity contribution in [3.05, 3.63) is 29.3 Å². The van der Waals surface area contributed by atoms with Crippen LogP contribution in [0.3, 0.4) is 0 Å². The molecule has 0 atom stereocenters. The Balaban J connectivity index is 3.44. The van der Waals surface area contributed by atoms with E-state index in [1.807, 2.05) is 20.8 Å². The van der Waals surface area contributed by atoms with E-state index in [1.54, 1.807) is 18.2 Å². The van der Waals surface area contributed by atoms with Gasteiger partial charge >= 0.3 is 16.5 Å². The largest absolute Gasteiger partial charge is 0.540 e. The molecule has 1 aromatic rings. The third-order valence-electron chi connectivity index (χ3n) is 2.29. The normalized spacial score (nSPS) is 11.1. The van der Waals surface area contributed by atoms with E-state index in [-0.39, 0.29) is 11.4 Å². The molecular weight excluding hydrogens is 220 g/mol. The van der Waals surface area contributed by atoms with Crippen LogP contribution in [0.1, 0.15) is 36.7 Å². The zero-order chi connectivity index (χ0) is 12.3. The molecule has 0 saturated heterocycles. The highest BCUT2D eigenvalue weighted by atomic mass is 28.2. The highest BCUT2D eigenvalue weighted by molar-refractivity contribution is 6.00. The SMILES string of the molecule is COC(=O)c1cccc(O[Si])c1C(C)(C)C. The summed E-state index contributed by atoms with van der Waals surface area (Å²) in [6.45, 7) is 6.05. The van der Waals surface area contributed by atoms with Crippen molar-refractivity contribution in [1.82, 2.24) is 0 Å². The van der Waals surface area contributed by atoms with Gasteiger partial charge in [-0.05, 0) is 17.5 Å². The number of benzene rings is 1. The highest BCUT2D eigenvalue weighted by Crippen LogP contribution is 2.34. The summed E-state index contributed by atoms with van der Waals surface area (Å²) >= 11 is 0. The lowest BCUT2D eigenvalue weighted by atomic mass is 9.83. The summed E-state index contributed by atoms with van der Waals surface area (Å²) < 4.78 is 9.87. The summed E-state index contributed by atoms with van der Waals surface area (Å²) in [6.07, 6.45) is 0. The second kappa shape index (κ2) is 4.70. The van der Waals surface area contributed by atoms with Gasteiger partial charge < -0.3 is 9.16 Å². The Morgan fingerprint density at radius 2 is 1.94 bits per heavy atom. The Kier molecular flexibility index (Phi) is 3.75. The summed E-state index contributed by atoms with van der Waals surface area (Å²) in [4.78, 5) is 11.7. The summed E-state index contributed by atoms with van der Waals surface area (Å²) in [5.74, 6) is 0.280. The molecule has 0 aromatic heterocycles. The summed E-state index contributed by atoms with van der Waals surface area (Å²) in [6, 6.07) is 5.30. The van der Waals surface area contributed by atoms with Gasteiger partial charge in [0.25, 0.3) is 0 Å². The molecule has 0 heterocycles. The molecule has 1 aromatic carbocycles. The van der Waals surface area contributed by atoms with Crippen LogP contribution in [0.5, 0.6) is 5.75 Å². The van der Waals surface area contributed by atoms with Crippen molar-refractivity contribution in [2.24, 2.45) is 0 Å². The predicted octanol–water partition coefficient (Wildman–Crippen LogP) is 2.23. The van der Waals surface area contributed by atoms with Crippen molar-refractivity contribution in [2.75, 3.05) is 7.11 Å². The Hall–Kier alpha value is -1.29. The maximum absolute atomic E-state index is 11.7. The van der Waals surface area contributed by atoms with Crippen molar-refractivity contribution in [3.63, 3.8) is 0 Å². The van der Waals surface area contributed by atoms with Crippen molar-refractivity contribution < 1.29 is 14.0 Å². The van der Waals surface area contributed by atoms with Gasteiger partial charge in [-0.2, -0.15) is 0 Å². The summed E-state index contributed by atoms with van der Waals surface area (Å²) in [5, 5.41) is 0. The topological polar surface area (TPSA) is 35.5 Å².